The molecule has 1 heterocycles. The average molecular weight is 421 g/mol. The van der Waals surface area contributed by atoms with Crippen LogP contribution in [0.5, 0.6) is 0 Å². The Hall–Kier alpha value is -2.19. The average Bonchev–Trinajstić information content (AvgIpc) is 2.93. The molecule has 0 aliphatic carbocycles. The normalized spacial score (nSPS) is 11.1. The van der Waals surface area contributed by atoms with E-state index >= 15 is 0 Å². The van der Waals surface area contributed by atoms with Crippen LogP contribution < -0.4 is 16.0 Å². The number of hydrogen-bond donors (Lipinski definition) is 3. The minimum atomic E-state index is -0.509. The number of benzene rings is 1. The SMILES string of the molecule is Cc1ccc(-c2nc(NC(=S)NCCNC(=O)OC(C)(C)C)sc2C)cc1C. The Balaban J connectivity index is 1.84. The van der Waals surface area contributed by atoms with Crippen LogP contribution in [0.4, 0.5) is 9.93 Å². The number of rotatable bonds is 5. The summed E-state index contributed by atoms with van der Waals surface area (Å²) in [6, 6.07) is 6.35. The van der Waals surface area contributed by atoms with Crippen molar-refractivity contribution >= 4 is 39.9 Å². The highest BCUT2D eigenvalue weighted by molar-refractivity contribution is 7.80. The van der Waals surface area contributed by atoms with E-state index in [0.717, 1.165) is 21.3 Å². The third-order valence-electron chi connectivity index (χ3n) is 3.88. The van der Waals surface area contributed by atoms with E-state index in [-0.39, 0.29) is 0 Å². The highest BCUT2D eigenvalue weighted by atomic mass is 32.1. The van der Waals surface area contributed by atoms with Gasteiger partial charge >= 0.3 is 6.09 Å². The van der Waals surface area contributed by atoms with Crippen LogP contribution in [0.3, 0.4) is 0 Å². The topological polar surface area (TPSA) is 75.3 Å². The van der Waals surface area contributed by atoms with Gasteiger partial charge in [-0.3, -0.25) is 0 Å². The summed E-state index contributed by atoms with van der Waals surface area (Å²) in [6.45, 7) is 12.6. The van der Waals surface area contributed by atoms with Gasteiger partial charge in [-0.2, -0.15) is 0 Å². The first-order chi connectivity index (χ1) is 13.0. The Bertz CT molecular complexity index is 856. The molecule has 0 radical (unpaired) electrons. The first-order valence-electron chi connectivity index (χ1n) is 9.12. The van der Waals surface area contributed by atoms with Crippen molar-refractivity contribution < 1.29 is 9.53 Å². The van der Waals surface area contributed by atoms with Gasteiger partial charge in [-0.05, 0) is 71.0 Å². The number of thiocarbonyl (C=S) groups is 1. The molecule has 1 amide bonds. The minimum absolute atomic E-state index is 0.404. The summed E-state index contributed by atoms with van der Waals surface area (Å²) < 4.78 is 5.18. The number of carbonyl (C=O) groups excluding carboxylic acids is 1. The van der Waals surface area contributed by atoms with Crippen LogP contribution in [0, 0.1) is 20.8 Å². The lowest BCUT2D eigenvalue weighted by molar-refractivity contribution is 0.0529. The molecule has 0 unspecified atom stereocenters. The van der Waals surface area contributed by atoms with Gasteiger partial charge in [0, 0.05) is 23.5 Å². The summed E-state index contributed by atoms with van der Waals surface area (Å²) in [6.07, 6.45) is -0.443. The summed E-state index contributed by atoms with van der Waals surface area (Å²) in [5.74, 6) is 0. The van der Waals surface area contributed by atoms with Crippen molar-refractivity contribution in [2.75, 3.05) is 18.4 Å². The summed E-state index contributed by atoms with van der Waals surface area (Å²) in [7, 11) is 0. The van der Waals surface area contributed by atoms with Crippen molar-refractivity contribution in [2.45, 2.75) is 47.1 Å². The van der Waals surface area contributed by atoms with Gasteiger partial charge in [0.15, 0.2) is 10.2 Å². The van der Waals surface area contributed by atoms with Gasteiger partial charge in [0.05, 0.1) is 5.69 Å². The number of aryl methyl sites for hydroxylation is 3. The second kappa shape index (κ2) is 9.34. The van der Waals surface area contributed by atoms with E-state index < -0.39 is 11.7 Å². The lowest BCUT2D eigenvalue weighted by Gasteiger charge is -2.19. The molecule has 0 aliphatic rings. The lowest BCUT2D eigenvalue weighted by atomic mass is 10.0. The van der Waals surface area contributed by atoms with Crippen LogP contribution in [-0.2, 0) is 4.74 Å². The van der Waals surface area contributed by atoms with Crippen molar-refractivity contribution in [3.05, 3.63) is 34.2 Å². The van der Waals surface area contributed by atoms with Crippen LogP contribution >= 0.6 is 23.6 Å². The Kier molecular flexibility index (Phi) is 7.37. The van der Waals surface area contributed by atoms with E-state index in [9.17, 15) is 4.79 Å². The van der Waals surface area contributed by atoms with E-state index in [1.54, 1.807) is 11.3 Å². The fourth-order valence-corrected chi connectivity index (χ4v) is 3.51. The fraction of sp³-hybridized carbons (Fsp3) is 0.450. The molecule has 1 aromatic heterocycles. The first-order valence-corrected chi connectivity index (χ1v) is 10.3. The maximum Gasteiger partial charge on any atom is 0.407 e. The number of hydrogen-bond acceptors (Lipinski definition) is 5. The van der Waals surface area contributed by atoms with Gasteiger partial charge in [-0.25, -0.2) is 9.78 Å². The molecule has 0 saturated carbocycles. The van der Waals surface area contributed by atoms with Crippen molar-refractivity contribution in [1.29, 1.82) is 0 Å². The van der Waals surface area contributed by atoms with Crippen molar-refractivity contribution in [3.8, 4) is 11.3 Å². The summed E-state index contributed by atoms with van der Waals surface area (Å²) >= 11 is 6.87. The second-order valence-electron chi connectivity index (χ2n) is 7.53. The van der Waals surface area contributed by atoms with Crippen LogP contribution in [0.25, 0.3) is 11.3 Å². The molecule has 0 aliphatic heterocycles. The Morgan fingerprint density at radius 1 is 1.14 bits per heavy atom. The second-order valence-corrected chi connectivity index (χ2v) is 9.14. The Morgan fingerprint density at radius 3 is 2.46 bits per heavy atom. The summed E-state index contributed by atoms with van der Waals surface area (Å²) in [5, 5.41) is 10.0. The Labute approximate surface area is 176 Å². The molecule has 0 saturated heterocycles. The van der Waals surface area contributed by atoms with E-state index in [0.29, 0.717) is 18.2 Å². The van der Waals surface area contributed by atoms with Gasteiger partial charge in [-0.1, -0.05) is 12.1 Å². The van der Waals surface area contributed by atoms with Crippen molar-refractivity contribution in [2.24, 2.45) is 0 Å². The number of carbonyl (C=O) groups is 1. The number of thiazole rings is 1. The number of alkyl carbamates (subject to hydrolysis) is 1. The van der Waals surface area contributed by atoms with Crippen LogP contribution in [-0.4, -0.2) is 34.9 Å². The zero-order valence-corrected chi connectivity index (χ0v) is 18.9. The predicted molar refractivity (Wildman–Crippen MR) is 120 cm³/mol. The number of aromatic nitrogens is 1. The number of anilines is 1. The van der Waals surface area contributed by atoms with Gasteiger partial charge in [-0.15, -0.1) is 11.3 Å². The highest BCUT2D eigenvalue weighted by Gasteiger charge is 2.15. The quantitative estimate of drug-likeness (QED) is 0.487. The van der Waals surface area contributed by atoms with Gasteiger partial charge in [0.2, 0.25) is 0 Å². The van der Waals surface area contributed by atoms with Gasteiger partial charge in [0.1, 0.15) is 5.60 Å². The van der Waals surface area contributed by atoms with E-state index in [1.807, 2.05) is 20.8 Å². The number of nitrogens with one attached hydrogen (secondary N) is 3. The maximum absolute atomic E-state index is 11.6. The Morgan fingerprint density at radius 2 is 1.82 bits per heavy atom. The van der Waals surface area contributed by atoms with Gasteiger partial charge < -0.3 is 20.7 Å². The van der Waals surface area contributed by atoms with Crippen LogP contribution in [0.1, 0.15) is 36.8 Å². The lowest BCUT2D eigenvalue weighted by Crippen LogP contribution is -2.39. The van der Waals surface area contributed by atoms with E-state index in [1.165, 1.54) is 11.1 Å². The fourth-order valence-electron chi connectivity index (χ4n) is 2.40. The number of nitrogens with zero attached hydrogens (tertiary/aromatic N) is 1. The summed E-state index contributed by atoms with van der Waals surface area (Å²) in [4.78, 5) is 17.4. The van der Waals surface area contributed by atoms with E-state index in [2.05, 4.69) is 59.9 Å². The number of ether oxygens (including phenoxy) is 1. The third kappa shape index (κ3) is 6.76. The minimum Gasteiger partial charge on any atom is -0.444 e. The standard InChI is InChI=1S/C20H28N4O2S2/c1-12-7-8-15(11-13(12)2)16-14(3)28-18(23-16)24-17(27)21-9-10-22-19(25)26-20(4,5)6/h7-8,11H,9-10H2,1-6H3,(H,22,25)(H2,21,23,24,27). The molecular weight excluding hydrogens is 392 g/mol. The third-order valence-corrected chi connectivity index (χ3v) is 5.01. The number of amides is 1. The van der Waals surface area contributed by atoms with Crippen molar-refractivity contribution in [1.82, 2.24) is 15.6 Å². The molecule has 2 aromatic rings. The molecule has 0 fully saturated rings. The zero-order chi connectivity index (χ0) is 20.9. The van der Waals surface area contributed by atoms with Crippen LogP contribution in [0.15, 0.2) is 18.2 Å². The molecular formula is C20H28N4O2S2. The molecule has 8 heteroatoms. The van der Waals surface area contributed by atoms with E-state index in [4.69, 9.17) is 17.0 Å². The molecule has 3 N–H and O–H groups in total. The van der Waals surface area contributed by atoms with Gasteiger partial charge in [0.25, 0.3) is 0 Å². The molecule has 0 atom stereocenters. The molecule has 2 rings (SSSR count). The highest BCUT2D eigenvalue weighted by Crippen LogP contribution is 2.31. The molecule has 0 spiro atoms. The largest absolute Gasteiger partial charge is 0.444 e. The molecule has 6 nitrogen and oxygen atoms in total. The monoisotopic (exact) mass is 420 g/mol. The molecule has 0 bridgehead atoms. The van der Waals surface area contributed by atoms with Crippen LogP contribution in [0.2, 0.25) is 0 Å². The summed E-state index contributed by atoms with van der Waals surface area (Å²) in [5.41, 5.74) is 4.06. The zero-order valence-electron chi connectivity index (χ0n) is 17.2. The molecule has 28 heavy (non-hydrogen) atoms. The molecule has 1 aromatic carbocycles. The molecule has 152 valence electrons. The van der Waals surface area contributed by atoms with Crippen molar-refractivity contribution in [3.63, 3.8) is 0 Å². The maximum atomic E-state index is 11.6. The first kappa shape index (κ1) is 22.1. The smallest absolute Gasteiger partial charge is 0.407 e. The predicted octanol–water partition coefficient (Wildman–Crippen LogP) is 4.55.